The minimum absolute atomic E-state index is 0. The van der Waals surface area contributed by atoms with Gasteiger partial charge >= 0.3 is 41.2 Å². The van der Waals surface area contributed by atoms with Gasteiger partial charge in [0.1, 0.15) is 0 Å². The Kier molecular flexibility index (Phi) is 22.1. The zero-order valence-electron chi connectivity index (χ0n) is 23.0. The van der Waals surface area contributed by atoms with Gasteiger partial charge in [0.05, 0.1) is 0 Å². The third-order valence-corrected chi connectivity index (χ3v) is 8.46. The molecule has 1 radical (unpaired) electrons. The smallest absolute Gasteiger partial charge is 0.472 e. The van der Waals surface area contributed by atoms with Crippen LogP contribution in [-0.2, 0) is 22.4 Å². The molecule has 4 aromatic carbocycles. The summed E-state index contributed by atoms with van der Waals surface area (Å²) >= 11 is 0. The van der Waals surface area contributed by atoms with Gasteiger partial charge in [-0.05, 0) is 10.6 Å². The molecule has 0 unspecified atom stereocenters. The Morgan fingerprint density at radius 1 is 0.368 bits per heavy atom. The first kappa shape index (κ1) is 35.1. The molecule has 38 heavy (non-hydrogen) atoms. The van der Waals surface area contributed by atoms with Gasteiger partial charge in [-0.25, -0.2) is 10.6 Å². The Balaban J connectivity index is 0.000000270. The number of hydrogen-bond acceptors (Lipinski definition) is 0. The van der Waals surface area contributed by atoms with E-state index < -0.39 is 0 Å². The molecule has 4 heteroatoms. The van der Waals surface area contributed by atoms with Crippen LogP contribution < -0.4 is 40.1 Å². The maximum atomic E-state index is 2.17. The van der Waals surface area contributed by atoms with E-state index in [4.69, 9.17) is 0 Å². The fraction of sp³-hybridized carbons (Fsp3) is 0.294. The average Bonchev–Trinajstić information content (AvgIpc) is 3.72. The van der Waals surface area contributed by atoms with E-state index in [1.807, 2.05) is 12.1 Å². The standard InChI is InChI=1S/C12H11P.C12H10P.2C5H10.Li.Nb/c2*1-3-7-11(8-4-1)13-12-9-5-2-6-10-12;2*1-2-4-5-3-1;;/h1-10,13H;1-10H;2*1-5H2;;/q;-1;;;+1;+2. The van der Waals surface area contributed by atoms with E-state index >= 15 is 0 Å². The van der Waals surface area contributed by atoms with Gasteiger partial charge < -0.3 is 8.58 Å². The molecular formula is C34H41LiNbP2+2. The largest absolute Gasteiger partial charge is 2.00 e. The van der Waals surface area contributed by atoms with Crippen LogP contribution in [0, 0.1) is 0 Å². The van der Waals surface area contributed by atoms with Crippen LogP contribution in [0.4, 0.5) is 0 Å². The van der Waals surface area contributed by atoms with Gasteiger partial charge in [0.25, 0.3) is 0 Å². The molecule has 0 aromatic heterocycles. The van der Waals surface area contributed by atoms with Crippen molar-refractivity contribution in [3.8, 4) is 0 Å². The Hall–Kier alpha value is -0.922. The number of benzene rings is 4. The summed E-state index contributed by atoms with van der Waals surface area (Å²) in [5.41, 5.74) is 0. The predicted molar refractivity (Wildman–Crippen MR) is 166 cm³/mol. The van der Waals surface area contributed by atoms with Crippen molar-refractivity contribution in [2.75, 3.05) is 0 Å². The zero-order chi connectivity index (χ0) is 24.9. The molecule has 0 amide bonds. The summed E-state index contributed by atoms with van der Waals surface area (Å²) in [6, 6.07) is 42.1. The van der Waals surface area contributed by atoms with E-state index in [0.717, 1.165) is 8.58 Å². The van der Waals surface area contributed by atoms with Crippen LogP contribution in [0.25, 0.3) is 0 Å². The Morgan fingerprint density at radius 3 is 0.868 bits per heavy atom. The van der Waals surface area contributed by atoms with E-state index in [9.17, 15) is 0 Å². The van der Waals surface area contributed by atoms with Gasteiger partial charge in [0.15, 0.2) is 0 Å². The average molecular weight is 611 g/mol. The quantitative estimate of drug-likeness (QED) is 0.202. The molecule has 0 nitrogen and oxygen atoms in total. The van der Waals surface area contributed by atoms with Crippen LogP contribution in [0.3, 0.4) is 0 Å². The van der Waals surface area contributed by atoms with Crippen LogP contribution in [0.15, 0.2) is 121 Å². The predicted octanol–water partition coefficient (Wildman–Crippen LogP) is 5.80. The SMILES string of the molecule is C1CCCC1.C1CCCC1.[Li+].[Nb+2].c1ccc(Pc2ccccc2)cc1.c1ccc([P-]c2ccccc2)cc1. The summed E-state index contributed by atoms with van der Waals surface area (Å²) in [5.74, 6) is 0. The maximum absolute atomic E-state index is 2.17. The van der Waals surface area contributed by atoms with E-state index in [2.05, 4.69) is 109 Å². The first-order valence-electron chi connectivity index (χ1n) is 13.6. The van der Waals surface area contributed by atoms with Gasteiger partial charge in [-0.1, -0.05) is 194 Å². The molecule has 0 bridgehead atoms. The zero-order valence-corrected chi connectivity index (χ0v) is 27.1. The summed E-state index contributed by atoms with van der Waals surface area (Å²) < 4.78 is 0. The molecular weight excluding hydrogens is 570 g/mol. The number of hydrogen-bond donors (Lipinski definition) is 0. The van der Waals surface area contributed by atoms with E-state index in [-0.39, 0.29) is 41.2 Å². The van der Waals surface area contributed by atoms with Crippen molar-refractivity contribution in [1.29, 1.82) is 0 Å². The molecule has 4 aromatic rings. The first-order valence-corrected chi connectivity index (χ1v) is 15.5. The summed E-state index contributed by atoms with van der Waals surface area (Å²) in [5, 5.41) is 5.48. The molecule has 2 aliphatic carbocycles. The molecule has 0 spiro atoms. The van der Waals surface area contributed by atoms with Crippen molar-refractivity contribution in [2.45, 2.75) is 64.2 Å². The topological polar surface area (TPSA) is 0 Å². The third-order valence-electron chi connectivity index (χ3n) is 6.11. The molecule has 0 aliphatic heterocycles. The van der Waals surface area contributed by atoms with Gasteiger partial charge in [0.2, 0.25) is 0 Å². The van der Waals surface area contributed by atoms with E-state index in [1.165, 1.54) is 94.0 Å². The minimum atomic E-state index is 0. The van der Waals surface area contributed by atoms with Gasteiger partial charge in [0, 0.05) is 0 Å². The third kappa shape index (κ3) is 16.9. The molecule has 0 N–H and O–H groups in total. The van der Waals surface area contributed by atoms with E-state index in [1.54, 1.807) is 0 Å². The Labute approximate surface area is 263 Å². The minimum Gasteiger partial charge on any atom is -0.472 e. The van der Waals surface area contributed by atoms with Crippen LogP contribution in [0.2, 0.25) is 0 Å². The second-order valence-electron chi connectivity index (χ2n) is 9.18. The van der Waals surface area contributed by atoms with Crippen LogP contribution in [-0.4, -0.2) is 0 Å². The van der Waals surface area contributed by atoms with Gasteiger partial charge in [-0.2, -0.15) is 0 Å². The molecule has 0 heterocycles. The van der Waals surface area contributed by atoms with Crippen molar-refractivity contribution < 1.29 is 41.2 Å². The molecule has 6 rings (SSSR count). The molecule has 2 fully saturated rings. The summed E-state index contributed by atoms with van der Waals surface area (Å²) in [4.78, 5) is 0. The maximum Gasteiger partial charge on any atom is 2.00 e. The number of rotatable bonds is 4. The summed E-state index contributed by atoms with van der Waals surface area (Å²) in [7, 11) is 2.06. The Morgan fingerprint density at radius 2 is 0.605 bits per heavy atom. The summed E-state index contributed by atoms with van der Waals surface area (Å²) in [6.07, 6.45) is 15.0. The van der Waals surface area contributed by atoms with Crippen molar-refractivity contribution in [3.05, 3.63) is 121 Å². The monoisotopic (exact) mass is 611 g/mol. The molecule has 2 aliphatic rings. The van der Waals surface area contributed by atoms with Crippen LogP contribution in [0.1, 0.15) is 64.2 Å². The fourth-order valence-corrected chi connectivity index (χ4v) is 6.12. The van der Waals surface area contributed by atoms with Crippen molar-refractivity contribution in [1.82, 2.24) is 0 Å². The van der Waals surface area contributed by atoms with Gasteiger partial charge in [-0.15, -0.1) is 0 Å². The van der Waals surface area contributed by atoms with Crippen molar-refractivity contribution in [2.24, 2.45) is 0 Å². The van der Waals surface area contributed by atoms with Crippen molar-refractivity contribution in [3.63, 3.8) is 0 Å². The Bertz CT molecular complexity index is 846. The molecule has 2 saturated carbocycles. The van der Waals surface area contributed by atoms with Gasteiger partial charge in [-0.3, -0.25) is 0 Å². The first-order chi connectivity index (χ1) is 17.9. The molecule has 0 atom stereocenters. The molecule has 0 saturated heterocycles. The fourth-order valence-electron chi connectivity index (χ4n) is 4.13. The second kappa shape index (κ2) is 23.9. The van der Waals surface area contributed by atoms with Crippen molar-refractivity contribution >= 4 is 38.4 Å². The normalized spacial score (nSPS) is 13.1. The van der Waals surface area contributed by atoms with Crippen LogP contribution in [0.5, 0.6) is 0 Å². The second-order valence-corrected chi connectivity index (χ2v) is 11.8. The molecule has 191 valence electrons. The summed E-state index contributed by atoms with van der Waals surface area (Å²) in [6.45, 7) is 0. The van der Waals surface area contributed by atoms with E-state index in [0.29, 0.717) is 0 Å². The van der Waals surface area contributed by atoms with Crippen LogP contribution >= 0.6 is 17.2 Å².